The Hall–Kier alpha value is -4.01. The quantitative estimate of drug-likeness (QED) is 0.473. The Balaban J connectivity index is 1.64. The van der Waals surface area contributed by atoms with Gasteiger partial charge in [-0.3, -0.25) is 4.57 Å². The van der Waals surface area contributed by atoms with Gasteiger partial charge in [-0.25, -0.2) is 14.4 Å². The van der Waals surface area contributed by atoms with E-state index in [9.17, 15) is 4.39 Å². The summed E-state index contributed by atoms with van der Waals surface area (Å²) in [5.74, 6) is 1.26. The number of rotatable bonds is 4. The Morgan fingerprint density at radius 2 is 1.83 bits per heavy atom. The number of hydrogen-bond donors (Lipinski definition) is 2. The molecule has 0 fully saturated rings. The molecule has 0 aliphatic rings. The number of hydrogen-bond acceptors (Lipinski definition) is 6. The van der Waals surface area contributed by atoms with Crippen LogP contribution >= 0.6 is 0 Å². The first kappa shape index (κ1) is 18.0. The number of imidazole rings is 2. The predicted octanol–water partition coefficient (Wildman–Crippen LogP) is 3.95. The van der Waals surface area contributed by atoms with Gasteiger partial charge in [0.25, 0.3) is 0 Å². The van der Waals surface area contributed by atoms with E-state index in [-0.39, 0.29) is 5.82 Å². The molecule has 0 radical (unpaired) electrons. The van der Waals surface area contributed by atoms with Gasteiger partial charge in [-0.05, 0) is 43.3 Å². The van der Waals surface area contributed by atoms with E-state index in [0.29, 0.717) is 39.8 Å². The van der Waals surface area contributed by atoms with E-state index in [2.05, 4.69) is 25.3 Å². The van der Waals surface area contributed by atoms with Crippen LogP contribution < -0.4 is 10.2 Å². The molecule has 5 rings (SSSR count). The fourth-order valence-corrected chi connectivity index (χ4v) is 3.41. The van der Waals surface area contributed by atoms with Crippen LogP contribution in [0.1, 0.15) is 5.82 Å². The molecule has 3 heterocycles. The molecule has 0 aliphatic heterocycles. The van der Waals surface area contributed by atoms with E-state index in [1.54, 1.807) is 17.0 Å². The first-order valence-corrected chi connectivity index (χ1v) is 9.40. The maximum absolute atomic E-state index is 13.9. The molecule has 0 spiro atoms. The van der Waals surface area contributed by atoms with Crippen molar-refractivity contribution < 1.29 is 4.39 Å². The van der Waals surface area contributed by atoms with Gasteiger partial charge in [0.05, 0.1) is 17.4 Å². The number of aromatic nitrogens is 6. The lowest BCUT2D eigenvalue weighted by atomic mass is 10.2. The fraction of sp³-hybridized carbons (Fsp3) is 0.143. The largest absolute Gasteiger partial charge is 0.378 e. The third-order valence-electron chi connectivity index (χ3n) is 4.90. The Kier molecular flexibility index (Phi) is 4.09. The zero-order chi connectivity index (χ0) is 20.8. The summed E-state index contributed by atoms with van der Waals surface area (Å²) < 4.78 is 15.6. The van der Waals surface area contributed by atoms with Gasteiger partial charge in [0.1, 0.15) is 17.2 Å². The number of nitrogens with one attached hydrogen (secondary N) is 2. The van der Waals surface area contributed by atoms with Crippen LogP contribution in [0.25, 0.3) is 28.1 Å². The molecule has 8 nitrogen and oxygen atoms in total. The molecular formula is C21H19FN8. The molecule has 0 bridgehead atoms. The molecule has 0 saturated carbocycles. The molecule has 9 heteroatoms. The van der Waals surface area contributed by atoms with Gasteiger partial charge >= 0.3 is 0 Å². The number of H-pyrrole nitrogens is 1. The summed E-state index contributed by atoms with van der Waals surface area (Å²) in [6.45, 7) is 1.84. The topological polar surface area (TPSA) is 87.5 Å². The van der Waals surface area contributed by atoms with Crippen molar-refractivity contribution in [1.29, 1.82) is 0 Å². The maximum Gasteiger partial charge on any atom is 0.239 e. The molecule has 2 N–H and O–H groups in total. The monoisotopic (exact) mass is 402 g/mol. The van der Waals surface area contributed by atoms with E-state index < -0.39 is 0 Å². The van der Waals surface area contributed by atoms with Crippen molar-refractivity contribution in [2.45, 2.75) is 6.92 Å². The minimum absolute atomic E-state index is 0.344. The van der Waals surface area contributed by atoms with Gasteiger partial charge < -0.3 is 15.2 Å². The smallest absolute Gasteiger partial charge is 0.239 e. The molecule has 0 atom stereocenters. The third kappa shape index (κ3) is 3.00. The van der Waals surface area contributed by atoms with Gasteiger partial charge in [-0.15, -0.1) is 0 Å². The van der Waals surface area contributed by atoms with Crippen LogP contribution in [0.5, 0.6) is 0 Å². The molecule has 150 valence electrons. The molecule has 0 unspecified atom stereocenters. The molecular weight excluding hydrogens is 383 g/mol. The van der Waals surface area contributed by atoms with Crippen molar-refractivity contribution in [3.8, 4) is 5.95 Å². The number of benzene rings is 2. The summed E-state index contributed by atoms with van der Waals surface area (Å²) in [4.78, 5) is 23.2. The predicted molar refractivity (Wildman–Crippen MR) is 115 cm³/mol. The summed E-state index contributed by atoms with van der Waals surface area (Å²) in [7, 11) is 3.99. The van der Waals surface area contributed by atoms with Crippen molar-refractivity contribution in [1.82, 2.24) is 29.5 Å². The number of nitrogens with zero attached hydrogens (tertiary/aromatic N) is 6. The van der Waals surface area contributed by atoms with E-state index >= 15 is 0 Å². The highest BCUT2D eigenvalue weighted by molar-refractivity contribution is 5.86. The lowest BCUT2D eigenvalue weighted by Gasteiger charge is -2.14. The zero-order valence-electron chi connectivity index (χ0n) is 16.7. The van der Waals surface area contributed by atoms with E-state index in [4.69, 9.17) is 4.98 Å². The molecule has 0 amide bonds. The summed E-state index contributed by atoms with van der Waals surface area (Å²) in [6, 6.07) is 12.5. The maximum atomic E-state index is 13.9. The highest BCUT2D eigenvalue weighted by atomic mass is 19.1. The first-order valence-electron chi connectivity index (χ1n) is 9.40. The van der Waals surface area contributed by atoms with E-state index in [0.717, 1.165) is 11.4 Å². The summed E-state index contributed by atoms with van der Waals surface area (Å²) in [6.07, 6.45) is 1.57. The van der Waals surface area contributed by atoms with Crippen LogP contribution in [-0.4, -0.2) is 43.6 Å². The lowest BCUT2D eigenvalue weighted by Crippen LogP contribution is -2.08. The van der Waals surface area contributed by atoms with Gasteiger partial charge in [0.2, 0.25) is 5.95 Å². The summed E-state index contributed by atoms with van der Waals surface area (Å²) >= 11 is 0. The summed E-state index contributed by atoms with van der Waals surface area (Å²) in [5.41, 5.74) is 4.43. The van der Waals surface area contributed by atoms with Crippen molar-refractivity contribution in [2.24, 2.45) is 0 Å². The molecule has 3 aromatic heterocycles. The Bertz CT molecular complexity index is 1370. The minimum Gasteiger partial charge on any atom is -0.378 e. The highest BCUT2D eigenvalue weighted by Crippen LogP contribution is 2.26. The number of halogens is 1. The lowest BCUT2D eigenvalue weighted by molar-refractivity contribution is 0.629. The number of aryl methyl sites for hydroxylation is 1. The van der Waals surface area contributed by atoms with Crippen LogP contribution in [0.15, 0.2) is 48.8 Å². The van der Waals surface area contributed by atoms with Gasteiger partial charge in [-0.2, -0.15) is 9.97 Å². The number of fused-ring (bicyclic) bond motifs is 2. The summed E-state index contributed by atoms with van der Waals surface area (Å²) in [5, 5.41) is 3.33. The third-order valence-corrected chi connectivity index (χ3v) is 4.90. The Labute approximate surface area is 171 Å². The standard InChI is InChI=1S/C21H19FN8/c1-12-25-16-9-4-13(22)10-17(16)30(12)21-27-19-18(23-11-24-19)20(28-21)26-14-5-7-15(8-6-14)29(2)3/h4-11H,1-3H3,(H2,23,24,26,27,28). The molecule has 2 aromatic carbocycles. The SMILES string of the molecule is Cc1nc2ccc(F)cc2n1-c1nc(Nc2ccc(N(C)C)cc2)c2[nH]cnc2n1. The van der Waals surface area contributed by atoms with E-state index in [1.165, 1.54) is 12.1 Å². The average Bonchev–Trinajstić information content (AvgIpc) is 3.31. The van der Waals surface area contributed by atoms with Crippen LogP contribution in [-0.2, 0) is 0 Å². The molecule has 5 aromatic rings. The molecule has 30 heavy (non-hydrogen) atoms. The van der Waals surface area contributed by atoms with Gasteiger partial charge in [-0.1, -0.05) is 0 Å². The second-order valence-corrected chi connectivity index (χ2v) is 7.17. The van der Waals surface area contributed by atoms with E-state index in [1.807, 2.05) is 50.2 Å². The Morgan fingerprint density at radius 1 is 1.03 bits per heavy atom. The van der Waals surface area contributed by atoms with Crippen molar-refractivity contribution in [3.63, 3.8) is 0 Å². The zero-order valence-corrected chi connectivity index (χ0v) is 16.7. The average molecular weight is 402 g/mol. The fourth-order valence-electron chi connectivity index (χ4n) is 3.41. The van der Waals surface area contributed by atoms with Crippen molar-refractivity contribution in [2.75, 3.05) is 24.3 Å². The second-order valence-electron chi connectivity index (χ2n) is 7.17. The number of aromatic amines is 1. The van der Waals surface area contributed by atoms with Crippen molar-refractivity contribution >= 4 is 39.4 Å². The van der Waals surface area contributed by atoms with Crippen LogP contribution in [0.2, 0.25) is 0 Å². The number of anilines is 3. The highest BCUT2D eigenvalue weighted by Gasteiger charge is 2.16. The van der Waals surface area contributed by atoms with Gasteiger partial charge in [0, 0.05) is 31.5 Å². The Morgan fingerprint density at radius 3 is 2.60 bits per heavy atom. The molecule has 0 saturated heterocycles. The van der Waals surface area contributed by atoms with Crippen molar-refractivity contribution in [3.05, 3.63) is 60.4 Å². The first-order chi connectivity index (χ1) is 14.5. The minimum atomic E-state index is -0.344. The van der Waals surface area contributed by atoms with Crippen LogP contribution in [0.4, 0.5) is 21.6 Å². The normalized spacial score (nSPS) is 11.3. The van der Waals surface area contributed by atoms with Crippen LogP contribution in [0.3, 0.4) is 0 Å². The second kappa shape index (κ2) is 6.80. The molecule has 0 aliphatic carbocycles. The van der Waals surface area contributed by atoms with Gasteiger partial charge in [0.15, 0.2) is 11.5 Å². The van der Waals surface area contributed by atoms with Crippen LogP contribution in [0, 0.1) is 12.7 Å².